The summed E-state index contributed by atoms with van der Waals surface area (Å²) in [7, 11) is 0. The number of anilines is 1. The second-order valence-electron chi connectivity index (χ2n) is 6.03. The monoisotopic (exact) mass is 413 g/mol. The number of nitrogens with zero attached hydrogens (tertiary/aromatic N) is 1. The molecule has 0 aromatic heterocycles. The molecule has 0 heterocycles. The van der Waals surface area contributed by atoms with Gasteiger partial charge in [-0.2, -0.15) is 13.2 Å². The highest BCUT2D eigenvalue weighted by molar-refractivity contribution is 6.06. The lowest BCUT2D eigenvalue weighted by Crippen LogP contribution is -2.50. The Bertz CT molecular complexity index is 866. The van der Waals surface area contributed by atoms with Gasteiger partial charge in [0.25, 0.3) is 11.5 Å². The highest BCUT2D eigenvalue weighted by Crippen LogP contribution is 2.40. The van der Waals surface area contributed by atoms with E-state index in [-0.39, 0.29) is 24.4 Å². The van der Waals surface area contributed by atoms with Crippen LogP contribution in [0.3, 0.4) is 0 Å². The van der Waals surface area contributed by atoms with Crippen LogP contribution in [0.2, 0.25) is 0 Å². The Morgan fingerprint density at radius 2 is 1.55 bits per heavy atom. The first kappa shape index (κ1) is 22.4. The van der Waals surface area contributed by atoms with E-state index in [0.29, 0.717) is 0 Å². The fourth-order valence-electron chi connectivity index (χ4n) is 2.71. The minimum absolute atomic E-state index is 0.178. The van der Waals surface area contributed by atoms with Gasteiger partial charge in [-0.1, -0.05) is 12.1 Å². The molecule has 0 unspecified atom stereocenters. The van der Waals surface area contributed by atoms with Crippen molar-refractivity contribution in [3.05, 3.63) is 65.5 Å². The molecule has 156 valence electrons. The summed E-state index contributed by atoms with van der Waals surface area (Å²) in [6.07, 6.45) is -5.31. The average Bonchev–Trinajstić information content (AvgIpc) is 2.68. The fraction of sp³-hybridized carbons (Fsp3) is 0.300. The third-order valence-corrected chi connectivity index (χ3v) is 4.23. The first-order valence-electron chi connectivity index (χ1n) is 8.70. The van der Waals surface area contributed by atoms with Crippen LogP contribution in [0.25, 0.3) is 0 Å². The Kier molecular flexibility index (Phi) is 6.63. The Morgan fingerprint density at radius 3 is 2.00 bits per heavy atom. The molecule has 0 spiro atoms. The van der Waals surface area contributed by atoms with Gasteiger partial charge in [0.2, 0.25) is 0 Å². The van der Waals surface area contributed by atoms with Gasteiger partial charge in [0.05, 0.1) is 6.61 Å². The summed E-state index contributed by atoms with van der Waals surface area (Å²) in [6, 6.07) is 8.97. The molecule has 9 heteroatoms. The second kappa shape index (κ2) is 8.60. The van der Waals surface area contributed by atoms with E-state index in [1.807, 2.05) is 0 Å². The van der Waals surface area contributed by atoms with E-state index in [4.69, 9.17) is 0 Å². The van der Waals surface area contributed by atoms with E-state index < -0.39 is 35.0 Å². The summed E-state index contributed by atoms with van der Waals surface area (Å²) in [5.41, 5.74) is -4.15. The summed E-state index contributed by atoms with van der Waals surface area (Å²) in [5, 5.41) is 10.1. The normalized spacial score (nSPS) is 13.5. The number of alkyl halides is 3. The number of ether oxygens (including phenoxy) is 1. The van der Waals surface area contributed by atoms with Gasteiger partial charge in [0.1, 0.15) is 5.82 Å². The van der Waals surface area contributed by atoms with E-state index in [1.54, 1.807) is 6.92 Å². The molecule has 0 aliphatic rings. The number of amides is 1. The topological polar surface area (TPSA) is 66.8 Å². The third kappa shape index (κ3) is 4.40. The minimum atomic E-state index is -5.31. The van der Waals surface area contributed by atoms with Crippen molar-refractivity contribution in [1.29, 1.82) is 0 Å². The van der Waals surface area contributed by atoms with Gasteiger partial charge in [0, 0.05) is 23.4 Å². The van der Waals surface area contributed by atoms with Crippen molar-refractivity contribution in [2.75, 3.05) is 18.1 Å². The van der Waals surface area contributed by atoms with Crippen LogP contribution in [0.1, 0.15) is 29.8 Å². The molecular formula is C20H19F4NO4. The van der Waals surface area contributed by atoms with Gasteiger partial charge in [-0.3, -0.25) is 4.79 Å². The first-order chi connectivity index (χ1) is 13.6. The Hall–Kier alpha value is -2.94. The molecule has 0 bridgehead atoms. The van der Waals surface area contributed by atoms with Crippen molar-refractivity contribution < 1.29 is 37.0 Å². The number of carbonyl (C=O) groups excluding carboxylic acids is 2. The Balaban J connectivity index is 2.39. The molecule has 1 amide bonds. The number of hydrogen-bond donors (Lipinski definition) is 1. The minimum Gasteiger partial charge on any atom is -0.463 e. The number of esters is 1. The van der Waals surface area contributed by atoms with Gasteiger partial charge < -0.3 is 14.7 Å². The predicted molar refractivity (Wildman–Crippen MR) is 96.8 cm³/mol. The van der Waals surface area contributed by atoms with Gasteiger partial charge in [-0.15, -0.1) is 0 Å². The van der Waals surface area contributed by atoms with E-state index >= 15 is 0 Å². The number of carbonyl (C=O) groups is 2. The fourth-order valence-corrected chi connectivity index (χ4v) is 2.71. The van der Waals surface area contributed by atoms with E-state index in [9.17, 15) is 32.3 Å². The lowest BCUT2D eigenvalue weighted by atomic mass is 9.92. The predicted octanol–water partition coefficient (Wildman–Crippen LogP) is 3.81. The third-order valence-electron chi connectivity index (χ3n) is 4.23. The van der Waals surface area contributed by atoms with Crippen LogP contribution in [0.15, 0.2) is 48.5 Å². The van der Waals surface area contributed by atoms with E-state index in [1.165, 1.54) is 36.1 Å². The van der Waals surface area contributed by atoms with Gasteiger partial charge in [-0.05, 0) is 50.2 Å². The number of hydrogen-bond acceptors (Lipinski definition) is 4. The molecule has 2 aromatic carbocycles. The molecule has 0 aliphatic heterocycles. The number of rotatable bonds is 6. The highest BCUT2D eigenvalue weighted by Gasteiger charge is 2.62. The molecule has 1 atom stereocenters. The van der Waals surface area contributed by atoms with Crippen molar-refractivity contribution in [2.45, 2.75) is 25.6 Å². The number of benzene rings is 2. The van der Waals surface area contributed by atoms with Crippen LogP contribution in [-0.2, 0) is 15.1 Å². The summed E-state index contributed by atoms with van der Waals surface area (Å²) in [6.45, 7) is 2.81. The molecule has 1 N–H and O–H groups in total. The molecule has 0 aliphatic carbocycles. The second-order valence-corrected chi connectivity index (χ2v) is 6.03. The summed E-state index contributed by atoms with van der Waals surface area (Å²) < 4.78 is 57.7. The lowest BCUT2D eigenvalue weighted by molar-refractivity contribution is -0.267. The van der Waals surface area contributed by atoms with Crippen LogP contribution in [-0.4, -0.2) is 36.3 Å². The zero-order valence-corrected chi connectivity index (χ0v) is 15.7. The molecule has 0 radical (unpaired) electrons. The number of aliphatic hydroxyl groups is 1. The van der Waals surface area contributed by atoms with Crippen molar-refractivity contribution in [3.63, 3.8) is 0 Å². The van der Waals surface area contributed by atoms with Crippen LogP contribution in [0.5, 0.6) is 0 Å². The first-order valence-corrected chi connectivity index (χ1v) is 8.70. The van der Waals surface area contributed by atoms with Crippen LogP contribution >= 0.6 is 0 Å². The van der Waals surface area contributed by atoms with Crippen molar-refractivity contribution in [2.24, 2.45) is 0 Å². The van der Waals surface area contributed by atoms with Crippen molar-refractivity contribution in [3.8, 4) is 0 Å². The Morgan fingerprint density at radius 1 is 1.00 bits per heavy atom. The summed E-state index contributed by atoms with van der Waals surface area (Å²) in [4.78, 5) is 25.7. The largest absolute Gasteiger partial charge is 0.463 e. The molecule has 29 heavy (non-hydrogen) atoms. The molecular weight excluding hydrogens is 394 g/mol. The molecule has 0 saturated heterocycles. The molecule has 0 saturated carbocycles. The van der Waals surface area contributed by atoms with Crippen molar-refractivity contribution in [1.82, 2.24) is 0 Å². The SMILES string of the molecule is CCOC(=O)[C@](O)(c1ccc(N(CC)C(=O)c2ccc(F)cc2)cc1)C(F)(F)F. The zero-order chi connectivity index (χ0) is 21.8. The molecule has 2 rings (SSSR count). The standard InChI is InChI=1S/C20H19F4NO4/c1-3-25(17(26)13-5-9-15(21)10-6-13)16-11-7-14(8-12-16)19(28,20(22,23)24)18(27)29-4-2/h5-12,28H,3-4H2,1-2H3/t19-/m1/s1. The number of halogens is 4. The zero-order valence-electron chi connectivity index (χ0n) is 15.7. The van der Waals surface area contributed by atoms with Gasteiger partial charge in [-0.25, -0.2) is 9.18 Å². The lowest BCUT2D eigenvalue weighted by Gasteiger charge is -2.29. The molecule has 2 aromatic rings. The van der Waals surface area contributed by atoms with E-state index in [2.05, 4.69) is 4.74 Å². The highest BCUT2D eigenvalue weighted by atomic mass is 19.4. The maximum atomic E-state index is 13.4. The average molecular weight is 413 g/mol. The van der Waals surface area contributed by atoms with Gasteiger partial charge >= 0.3 is 12.1 Å². The smallest absolute Gasteiger partial charge is 0.432 e. The van der Waals surface area contributed by atoms with Crippen LogP contribution in [0, 0.1) is 5.82 Å². The molecule has 5 nitrogen and oxygen atoms in total. The summed E-state index contributed by atoms with van der Waals surface area (Å²) in [5.74, 6) is -2.84. The maximum Gasteiger partial charge on any atom is 0.432 e. The Labute approximate surface area is 164 Å². The summed E-state index contributed by atoms with van der Waals surface area (Å²) >= 11 is 0. The van der Waals surface area contributed by atoms with Crippen LogP contribution in [0.4, 0.5) is 23.2 Å². The van der Waals surface area contributed by atoms with E-state index in [0.717, 1.165) is 24.3 Å². The van der Waals surface area contributed by atoms with Crippen molar-refractivity contribution >= 4 is 17.6 Å². The maximum absolute atomic E-state index is 13.4. The quantitative estimate of drug-likeness (QED) is 0.578. The van der Waals surface area contributed by atoms with Crippen LogP contribution < -0.4 is 4.90 Å². The molecule has 0 fully saturated rings. The van der Waals surface area contributed by atoms with Gasteiger partial charge in [0.15, 0.2) is 0 Å².